The fourth-order valence-electron chi connectivity index (χ4n) is 4.82. The standard InChI is InChI=1S/C29H31NO5/c31-26-16-29(21-30-26)28(34-19-24-14-8-3-9-15-24)27(33-18-23-12-6-2-7-13-23)25(35-29)20-32-17-22-10-4-1-5-11-22/h1-15,25,27-28H,16-21H2,(H,30,31)/t25-,27-,28+,29+/m1/s1. The highest BCUT2D eigenvalue weighted by Gasteiger charge is 2.59. The molecule has 0 saturated carbocycles. The van der Waals surface area contributed by atoms with Gasteiger partial charge in [0.1, 0.15) is 23.9 Å². The van der Waals surface area contributed by atoms with Crippen molar-refractivity contribution in [3.63, 3.8) is 0 Å². The first-order valence-corrected chi connectivity index (χ1v) is 12.1. The second-order valence-corrected chi connectivity index (χ2v) is 9.15. The van der Waals surface area contributed by atoms with E-state index in [0.29, 0.717) is 33.0 Å². The van der Waals surface area contributed by atoms with E-state index in [0.717, 1.165) is 16.7 Å². The van der Waals surface area contributed by atoms with Crippen LogP contribution in [0.1, 0.15) is 23.1 Å². The van der Waals surface area contributed by atoms with Crippen LogP contribution < -0.4 is 5.32 Å². The Bertz CT molecular complexity index is 1080. The van der Waals surface area contributed by atoms with Crippen LogP contribution in [0.25, 0.3) is 0 Å². The molecule has 0 bridgehead atoms. The lowest BCUT2D eigenvalue weighted by molar-refractivity contribution is -0.128. The number of hydrogen-bond donors (Lipinski definition) is 1. The van der Waals surface area contributed by atoms with Gasteiger partial charge in [0.2, 0.25) is 5.91 Å². The number of hydrogen-bond acceptors (Lipinski definition) is 5. The monoisotopic (exact) mass is 473 g/mol. The number of carbonyl (C=O) groups is 1. The summed E-state index contributed by atoms with van der Waals surface area (Å²) in [5, 5.41) is 2.94. The van der Waals surface area contributed by atoms with Crippen LogP contribution in [0.4, 0.5) is 0 Å². The van der Waals surface area contributed by atoms with E-state index in [1.165, 1.54) is 0 Å². The molecule has 0 aliphatic carbocycles. The van der Waals surface area contributed by atoms with Crippen molar-refractivity contribution in [3.05, 3.63) is 108 Å². The van der Waals surface area contributed by atoms with Gasteiger partial charge >= 0.3 is 0 Å². The van der Waals surface area contributed by atoms with Crippen LogP contribution in [-0.2, 0) is 43.6 Å². The van der Waals surface area contributed by atoms with Crippen molar-refractivity contribution in [1.82, 2.24) is 5.32 Å². The molecule has 4 atom stereocenters. The van der Waals surface area contributed by atoms with E-state index in [4.69, 9.17) is 18.9 Å². The Morgan fingerprint density at radius 3 is 1.86 bits per heavy atom. The molecule has 5 rings (SSSR count). The van der Waals surface area contributed by atoms with Gasteiger partial charge in [0.05, 0.1) is 32.8 Å². The molecule has 6 nitrogen and oxygen atoms in total. The average molecular weight is 474 g/mol. The molecule has 0 radical (unpaired) electrons. The number of rotatable bonds is 10. The minimum absolute atomic E-state index is 0.0361. The Labute approximate surface area is 206 Å². The predicted molar refractivity (Wildman–Crippen MR) is 131 cm³/mol. The minimum atomic E-state index is -0.784. The van der Waals surface area contributed by atoms with Crippen LogP contribution >= 0.6 is 0 Å². The lowest BCUT2D eigenvalue weighted by atomic mass is 9.93. The zero-order valence-electron chi connectivity index (χ0n) is 19.7. The highest BCUT2D eigenvalue weighted by Crippen LogP contribution is 2.40. The molecule has 1 amide bonds. The second-order valence-electron chi connectivity index (χ2n) is 9.15. The van der Waals surface area contributed by atoms with Gasteiger partial charge in [-0.05, 0) is 16.7 Å². The minimum Gasteiger partial charge on any atom is -0.374 e. The Morgan fingerprint density at radius 1 is 0.771 bits per heavy atom. The van der Waals surface area contributed by atoms with Gasteiger partial charge in [-0.25, -0.2) is 0 Å². The largest absolute Gasteiger partial charge is 0.374 e. The molecule has 2 aliphatic rings. The van der Waals surface area contributed by atoms with Gasteiger partial charge in [0, 0.05) is 6.54 Å². The Kier molecular flexibility index (Phi) is 7.54. The van der Waals surface area contributed by atoms with Crippen LogP contribution in [0.3, 0.4) is 0 Å². The number of ether oxygens (including phenoxy) is 4. The summed E-state index contributed by atoms with van der Waals surface area (Å²) in [4.78, 5) is 12.3. The topological polar surface area (TPSA) is 66.0 Å². The van der Waals surface area contributed by atoms with Gasteiger partial charge < -0.3 is 24.3 Å². The van der Waals surface area contributed by atoms with Crippen molar-refractivity contribution in [1.29, 1.82) is 0 Å². The molecule has 2 heterocycles. The van der Waals surface area contributed by atoms with Crippen molar-refractivity contribution in [2.75, 3.05) is 13.2 Å². The quantitative estimate of drug-likeness (QED) is 0.482. The van der Waals surface area contributed by atoms with Crippen molar-refractivity contribution < 1.29 is 23.7 Å². The van der Waals surface area contributed by atoms with Gasteiger partial charge in [-0.15, -0.1) is 0 Å². The number of amides is 1. The molecule has 35 heavy (non-hydrogen) atoms. The van der Waals surface area contributed by atoms with E-state index < -0.39 is 11.7 Å². The summed E-state index contributed by atoms with van der Waals surface area (Å²) in [6, 6.07) is 30.1. The molecule has 3 aromatic carbocycles. The van der Waals surface area contributed by atoms with Gasteiger partial charge in [-0.1, -0.05) is 91.0 Å². The fourth-order valence-corrected chi connectivity index (χ4v) is 4.82. The summed E-state index contributed by atoms with van der Waals surface area (Å²) in [6.07, 6.45) is -0.929. The Hall–Kier alpha value is -3.03. The highest BCUT2D eigenvalue weighted by molar-refractivity contribution is 5.80. The van der Waals surface area contributed by atoms with Crippen LogP contribution in [0.15, 0.2) is 91.0 Å². The fraction of sp³-hybridized carbons (Fsp3) is 0.345. The molecule has 1 spiro atoms. The summed E-state index contributed by atoms with van der Waals surface area (Å²) < 4.78 is 25.6. The number of nitrogens with one attached hydrogen (secondary N) is 1. The maximum absolute atomic E-state index is 12.3. The van der Waals surface area contributed by atoms with E-state index in [9.17, 15) is 4.79 Å². The van der Waals surface area contributed by atoms with Crippen molar-refractivity contribution in [3.8, 4) is 0 Å². The second kappa shape index (κ2) is 11.1. The first kappa shape index (κ1) is 23.7. The summed E-state index contributed by atoms with van der Waals surface area (Å²) in [7, 11) is 0. The van der Waals surface area contributed by atoms with Crippen molar-refractivity contribution >= 4 is 5.91 Å². The van der Waals surface area contributed by atoms with E-state index in [1.807, 2.05) is 91.0 Å². The maximum Gasteiger partial charge on any atom is 0.223 e. The third kappa shape index (κ3) is 5.80. The van der Waals surface area contributed by atoms with Gasteiger partial charge in [0.15, 0.2) is 0 Å². The van der Waals surface area contributed by atoms with Gasteiger partial charge in [-0.3, -0.25) is 4.79 Å². The molecule has 2 aliphatic heterocycles. The zero-order chi connectivity index (χ0) is 23.9. The summed E-state index contributed by atoms with van der Waals surface area (Å²) in [5.74, 6) is -0.0361. The molecule has 2 fully saturated rings. The molecule has 2 saturated heterocycles. The molecule has 1 N–H and O–H groups in total. The highest BCUT2D eigenvalue weighted by atomic mass is 16.6. The van der Waals surface area contributed by atoms with Crippen LogP contribution in [0.2, 0.25) is 0 Å². The zero-order valence-corrected chi connectivity index (χ0v) is 19.7. The third-order valence-corrected chi connectivity index (χ3v) is 6.57. The average Bonchev–Trinajstić information content (AvgIpc) is 3.41. The molecule has 182 valence electrons. The lowest BCUT2D eigenvalue weighted by Gasteiger charge is -2.30. The van der Waals surface area contributed by atoms with Crippen molar-refractivity contribution in [2.24, 2.45) is 0 Å². The lowest BCUT2D eigenvalue weighted by Crippen LogP contribution is -2.47. The molecule has 3 aromatic rings. The van der Waals surface area contributed by atoms with Gasteiger partial charge in [-0.2, -0.15) is 0 Å². The third-order valence-electron chi connectivity index (χ3n) is 6.57. The SMILES string of the molecule is O=C1C[C@@]2(CN1)O[C@H](COCc1ccccc1)[C@@H](OCc1ccccc1)[C@@H]2OCc1ccccc1. The summed E-state index contributed by atoms with van der Waals surface area (Å²) in [5.41, 5.74) is 2.44. The number of benzene rings is 3. The number of carbonyl (C=O) groups excluding carboxylic acids is 1. The van der Waals surface area contributed by atoms with Crippen LogP contribution in [0, 0.1) is 0 Å². The molecule has 0 unspecified atom stereocenters. The first-order valence-electron chi connectivity index (χ1n) is 12.1. The molecule has 0 aromatic heterocycles. The Morgan fingerprint density at radius 2 is 1.31 bits per heavy atom. The molecular weight excluding hydrogens is 442 g/mol. The van der Waals surface area contributed by atoms with Crippen LogP contribution in [0.5, 0.6) is 0 Å². The predicted octanol–water partition coefficient (Wildman–Crippen LogP) is 4.03. The summed E-state index contributed by atoms with van der Waals surface area (Å²) in [6.45, 7) is 2.05. The first-order chi connectivity index (χ1) is 17.2. The van der Waals surface area contributed by atoms with Crippen molar-refractivity contribution in [2.45, 2.75) is 50.2 Å². The maximum atomic E-state index is 12.3. The van der Waals surface area contributed by atoms with E-state index in [-0.39, 0.29) is 24.5 Å². The summed E-state index contributed by atoms with van der Waals surface area (Å²) >= 11 is 0. The van der Waals surface area contributed by atoms with Gasteiger partial charge in [0.25, 0.3) is 0 Å². The Balaban J connectivity index is 1.34. The van der Waals surface area contributed by atoms with E-state index in [1.54, 1.807) is 0 Å². The van der Waals surface area contributed by atoms with E-state index in [2.05, 4.69) is 5.32 Å². The smallest absolute Gasteiger partial charge is 0.223 e. The van der Waals surface area contributed by atoms with E-state index >= 15 is 0 Å². The van der Waals surface area contributed by atoms with Crippen LogP contribution in [-0.4, -0.2) is 43.0 Å². The molecular formula is C29H31NO5. The normalized spacial score (nSPS) is 25.7. The molecule has 6 heteroatoms.